The van der Waals surface area contributed by atoms with Crippen LogP contribution in [0, 0.1) is 6.92 Å². The molecule has 2 aromatic heterocycles. The molecule has 0 unspecified atom stereocenters. The summed E-state index contributed by atoms with van der Waals surface area (Å²) in [5.74, 6) is 3.05. The molecule has 0 atom stereocenters. The molecule has 0 fully saturated rings. The zero-order valence-electron chi connectivity index (χ0n) is 14.7. The topological polar surface area (TPSA) is 103 Å². The maximum Gasteiger partial charge on any atom is 0.251 e. The minimum absolute atomic E-state index is 0.175. The number of anilines is 1. The zero-order chi connectivity index (χ0) is 18.6. The molecule has 0 radical (unpaired) electrons. The normalized spacial score (nSPS) is 12.0. The van der Waals surface area contributed by atoms with E-state index in [1.54, 1.807) is 35.1 Å². The van der Waals surface area contributed by atoms with Crippen molar-refractivity contribution in [2.45, 2.75) is 6.92 Å². The van der Waals surface area contributed by atoms with Gasteiger partial charge in [-0.1, -0.05) is 0 Å². The smallest absolute Gasteiger partial charge is 0.251 e. The summed E-state index contributed by atoms with van der Waals surface area (Å²) >= 11 is 0. The second-order valence-corrected chi connectivity index (χ2v) is 5.86. The predicted octanol–water partition coefficient (Wildman–Crippen LogP) is 1.54. The number of nitrogens with zero attached hydrogens (tertiary/aromatic N) is 4. The minimum atomic E-state index is -0.175. The molecule has 0 saturated heterocycles. The molecule has 138 valence electrons. The first-order chi connectivity index (χ1) is 13.2. The molecule has 3 heterocycles. The number of hydrogen-bond acceptors (Lipinski definition) is 7. The number of ether oxygens (including phenoxy) is 2. The van der Waals surface area contributed by atoms with E-state index in [1.807, 2.05) is 19.2 Å². The quantitative estimate of drug-likeness (QED) is 0.638. The largest absolute Gasteiger partial charge is 0.454 e. The van der Waals surface area contributed by atoms with Crippen LogP contribution in [0.2, 0.25) is 0 Å². The molecule has 2 N–H and O–H groups in total. The first kappa shape index (κ1) is 16.8. The molecule has 3 aromatic rings. The highest BCUT2D eigenvalue weighted by Gasteiger charge is 2.15. The van der Waals surface area contributed by atoms with Crippen molar-refractivity contribution in [1.82, 2.24) is 25.1 Å². The molecular weight excluding hydrogens is 348 g/mol. The molecular formula is C18H18N6O3. The lowest BCUT2D eigenvalue weighted by atomic mass is 10.2. The van der Waals surface area contributed by atoms with Gasteiger partial charge in [-0.2, -0.15) is 5.10 Å². The second kappa shape index (κ2) is 7.32. The summed E-state index contributed by atoms with van der Waals surface area (Å²) in [7, 11) is 0. The zero-order valence-corrected chi connectivity index (χ0v) is 14.7. The van der Waals surface area contributed by atoms with Gasteiger partial charge in [0.05, 0.1) is 0 Å². The lowest BCUT2D eigenvalue weighted by molar-refractivity contribution is 0.0954. The maximum atomic E-state index is 12.2. The molecule has 27 heavy (non-hydrogen) atoms. The Bertz CT molecular complexity index is 958. The summed E-state index contributed by atoms with van der Waals surface area (Å²) in [4.78, 5) is 21.0. The number of aryl methyl sites for hydroxylation is 1. The summed E-state index contributed by atoms with van der Waals surface area (Å²) in [5, 5.41) is 10.2. The van der Waals surface area contributed by atoms with E-state index in [4.69, 9.17) is 9.47 Å². The van der Waals surface area contributed by atoms with Crippen molar-refractivity contribution in [2.24, 2.45) is 0 Å². The van der Waals surface area contributed by atoms with Gasteiger partial charge in [0.2, 0.25) is 6.79 Å². The number of benzene rings is 1. The van der Waals surface area contributed by atoms with E-state index in [0.29, 0.717) is 47.6 Å². The van der Waals surface area contributed by atoms with E-state index >= 15 is 0 Å². The lowest BCUT2D eigenvalue weighted by Gasteiger charge is -2.10. The number of carbonyl (C=O) groups excluding carboxylic acids is 1. The van der Waals surface area contributed by atoms with Crippen LogP contribution < -0.4 is 20.1 Å². The molecule has 1 aliphatic heterocycles. The van der Waals surface area contributed by atoms with Crippen molar-refractivity contribution in [3.63, 3.8) is 0 Å². The van der Waals surface area contributed by atoms with Gasteiger partial charge in [0.1, 0.15) is 11.6 Å². The van der Waals surface area contributed by atoms with Crippen molar-refractivity contribution >= 4 is 11.7 Å². The van der Waals surface area contributed by atoms with Crippen LogP contribution in [-0.2, 0) is 0 Å². The number of aromatic nitrogens is 4. The molecule has 0 spiro atoms. The molecule has 9 heteroatoms. The van der Waals surface area contributed by atoms with Gasteiger partial charge in [0, 0.05) is 37.1 Å². The van der Waals surface area contributed by atoms with Gasteiger partial charge in [-0.15, -0.1) is 0 Å². The van der Waals surface area contributed by atoms with Gasteiger partial charge in [-0.05, 0) is 31.2 Å². The molecule has 1 aromatic carbocycles. The molecule has 1 amide bonds. The highest BCUT2D eigenvalue weighted by atomic mass is 16.7. The number of hydrogen-bond donors (Lipinski definition) is 2. The molecule has 0 saturated carbocycles. The number of fused-ring (bicyclic) bond motifs is 1. The Labute approximate surface area is 155 Å². The third kappa shape index (κ3) is 3.81. The monoisotopic (exact) mass is 366 g/mol. The first-order valence-corrected chi connectivity index (χ1v) is 8.46. The highest BCUT2D eigenvalue weighted by Crippen LogP contribution is 2.32. The Morgan fingerprint density at radius 3 is 2.93 bits per heavy atom. The highest BCUT2D eigenvalue weighted by molar-refractivity contribution is 5.94. The van der Waals surface area contributed by atoms with Crippen LogP contribution in [0.4, 0.5) is 5.82 Å². The summed E-state index contributed by atoms with van der Waals surface area (Å²) in [5.41, 5.74) is 0.526. The Balaban J connectivity index is 1.32. The average molecular weight is 366 g/mol. The minimum Gasteiger partial charge on any atom is -0.454 e. The van der Waals surface area contributed by atoms with Gasteiger partial charge in [0.25, 0.3) is 5.91 Å². The van der Waals surface area contributed by atoms with Gasteiger partial charge in [-0.3, -0.25) is 4.79 Å². The van der Waals surface area contributed by atoms with Gasteiger partial charge in [-0.25, -0.2) is 14.6 Å². The standard InChI is InChI=1S/C18H18N6O3/c1-12-22-16(10-17(23-12)24-8-2-5-21-24)19-6-7-20-18(25)13-3-4-14-15(9-13)27-11-26-14/h2-5,8-10H,6-7,11H2,1H3,(H,20,25)(H,19,22,23). The van der Waals surface area contributed by atoms with Gasteiger partial charge in [0.15, 0.2) is 17.3 Å². The average Bonchev–Trinajstić information content (AvgIpc) is 3.35. The van der Waals surface area contributed by atoms with Crippen molar-refractivity contribution in [2.75, 3.05) is 25.2 Å². The molecule has 1 aliphatic rings. The van der Waals surface area contributed by atoms with Crippen LogP contribution in [0.3, 0.4) is 0 Å². The number of nitrogens with one attached hydrogen (secondary N) is 2. The van der Waals surface area contributed by atoms with E-state index in [1.165, 1.54) is 0 Å². The van der Waals surface area contributed by atoms with Crippen LogP contribution in [0.15, 0.2) is 42.7 Å². The number of carbonyl (C=O) groups is 1. The summed E-state index contributed by atoms with van der Waals surface area (Å²) in [6, 6.07) is 8.75. The number of rotatable bonds is 6. The van der Waals surface area contributed by atoms with E-state index in [2.05, 4.69) is 25.7 Å². The summed E-state index contributed by atoms with van der Waals surface area (Å²) < 4.78 is 12.2. The van der Waals surface area contributed by atoms with E-state index in [-0.39, 0.29) is 12.7 Å². The van der Waals surface area contributed by atoms with E-state index < -0.39 is 0 Å². The molecule has 0 bridgehead atoms. The number of amides is 1. The Morgan fingerprint density at radius 1 is 1.19 bits per heavy atom. The van der Waals surface area contributed by atoms with Crippen LogP contribution in [0.5, 0.6) is 11.5 Å². The fourth-order valence-electron chi connectivity index (χ4n) is 2.67. The third-order valence-electron chi connectivity index (χ3n) is 3.91. The van der Waals surface area contributed by atoms with E-state index in [9.17, 15) is 4.79 Å². The SMILES string of the molecule is Cc1nc(NCCNC(=O)c2ccc3c(c2)OCO3)cc(-n2cccn2)n1. The van der Waals surface area contributed by atoms with Gasteiger partial charge >= 0.3 is 0 Å². The van der Waals surface area contributed by atoms with Crippen LogP contribution in [0.1, 0.15) is 16.2 Å². The fraction of sp³-hybridized carbons (Fsp3) is 0.222. The van der Waals surface area contributed by atoms with Crippen LogP contribution in [-0.4, -0.2) is 45.5 Å². The fourth-order valence-corrected chi connectivity index (χ4v) is 2.67. The molecule has 0 aliphatic carbocycles. The van der Waals surface area contributed by atoms with Crippen molar-refractivity contribution in [1.29, 1.82) is 0 Å². The van der Waals surface area contributed by atoms with E-state index in [0.717, 1.165) is 0 Å². The Morgan fingerprint density at radius 2 is 2.07 bits per heavy atom. The van der Waals surface area contributed by atoms with Gasteiger partial charge < -0.3 is 20.1 Å². The lowest BCUT2D eigenvalue weighted by Crippen LogP contribution is -2.29. The van der Waals surface area contributed by atoms with Crippen LogP contribution >= 0.6 is 0 Å². The Hall–Kier alpha value is -3.62. The first-order valence-electron chi connectivity index (χ1n) is 8.46. The van der Waals surface area contributed by atoms with Crippen molar-refractivity contribution in [3.05, 3.63) is 54.1 Å². The van der Waals surface area contributed by atoms with Crippen molar-refractivity contribution in [3.8, 4) is 17.3 Å². The third-order valence-corrected chi connectivity index (χ3v) is 3.91. The summed E-state index contributed by atoms with van der Waals surface area (Å²) in [6.07, 6.45) is 3.51. The molecule has 9 nitrogen and oxygen atoms in total. The van der Waals surface area contributed by atoms with Crippen molar-refractivity contribution < 1.29 is 14.3 Å². The van der Waals surface area contributed by atoms with Crippen LogP contribution in [0.25, 0.3) is 5.82 Å². The maximum absolute atomic E-state index is 12.2. The Kier molecular flexibility index (Phi) is 4.56. The summed E-state index contributed by atoms with van der Waals surface area (Å²) in [6.45, 7) is 2.96. The second-order valence-electron chi connectivity index (χ2n) is 5.86. The predicted molar refractivity (Wildman–Crippen MR) is 97.3 cm³/mol. The molecule has 4 rings (SSSR count).